The highest BCUT2D eigenvalue weighted by molar-refractivity contribution is 5.76. The fourth-order valence-corrected chi connectivity index (χ4v) is 2.75. The lowest BCUT2D eigenvalue weighted by atomic mass is 10.0. The van der Waals surface area contributed by atoms with Gasteiger partial charge in [-0.3, -0.25) is 9.69 Å². The maximum atomic E-state index is 12.8. The Balaban J connectivity index is 1.73. The van der Waals surface area contributed by atoms with Crippen molar-refractivity contribution in [2.75, 3.05) is 19.6 Å². The first-order valence-electron chi connectivity index (χ1n) is 7.73. The summed E-state index contributed by atoms with van der Waals surface area (Å²) < 4.78 is 12.8. The Hall–Kier alpha value is -1.42. The van der Waals surface area contributed by atoms with E-state index < -0.39 is 0 Å². The SMILES string of the molecule is CC(C)(CNC(=O)CCc1ccc(F)cc1)N1CCCC1. The van der Waals surface area contributed by atoms with Crippen LogP contribution in [0.1, 0.15) is 38.7 Å². The number of benzene rings is 1. The van der Waals surface area contributed by atoms with Crippen molar-refractivity contribution in [3.63, 3.8) is 0 Å². The highest BCUT2D eigenvalue weighted by Crippen LogP contribution is 2.20. The van der Waals surface area contributed by atoms with Gasteiger partial charge in [-0.05, 0) is 63.9 Å². The van der Waals surface area contributed by atoms with E-state index in [0.29, 0.717) is 19.4 Å². The number of halogens is 1. The van der Waals surface area contributed by atoms with Crippen LogP contribution in [-0.4, -0.2) is 36.0 Å². The van der Waals surface area contributed by atoms with Crippen LogP contribution in [0.2, 0.25) is 0 Å². The van der Waals surface area contributed by atoms with Gasteiger partial charge in [0.05, 0.1) is 0 Å². The number of amides is 1. The fourth-order valence-electron chi connectivity index (χ4n) is 2.75. The van der Waals surface area contributed by atoms with Crippen molar-refractivity contribution in [2.45, 2.75) is 45.1 Å². The standard InChI is InChI=1S/C17H25FN2O/c1-17(2,20-11-3-4-12-20)13-19-16(21)10-7-14-5-8-15(18)9-6-14/h5-6,8-9H,3-4,7,10-13H2,1-2H3,(H,19,21). The third kappa shape index (κ3) is 4.81. The Labute approximate surface area is 126 Å². The number of nitrogens with one attached hydrogen (secondary N) is 1. The van der Waals surface area contributed by atoms with Crippen LogP contribution in [0, 0.1) is 5.82 Å². The van der Waals surface area contributed by atoms with Gasteiger partial charge in [0.15, 0.2) is 0 Å². The maximum absolute atomic E-state index is 12.8. The second kappa shape index (κ2) is 7.03. The predicted molar refractivity (Wildman–Crippen MR) is 82.6 cm³/mol. The van der Waals surface area contributed by atoms with Crippen LogP contribution in [0.3, 0.4) is 0 Å². The normalized spacial score (nSPS) is 16.1. The first kappa shape index (κ1) is 16.0. The average Bonchev–Trinajstić information content (AvgIpc) is 3.00. The van der Waals surface area contributed by atoms with Gasteiger partial charge in [-0.25, -0.2) is 4.39 Å². The van der Waals surface area contributed by atoms with E-state index in [2.05, 4.69) is 24.1 Å². The molecule has 1 aliphatic rings. The summed E-state index contributed by atoms with van der Waals surface area (Å²) >= 11 is 0. The van der Waals surface area contributed by atoms with Crippen LogP contribution in [0.25, 0.3) is 0 Å². The minimum absolute atomic E-state index is 0.0159. The molecule has 0 spiro atoms. The Morgan fingerprint density at radius 1 is 1.24 bits per heavy atom. The van der Waals surface area contributed by atoms with Crippen LogP contribution < -0.4 is 5.32 Å². The average molecular weight is 292 g/mol. The molecule has 1 aliphatic heterocycles. The molecule has 0 bridgehead atoms. The van der Waals surface area contributed by atoms with Crippen LogP contribution in [0.15, 0.2) is 24.3 Å². The largest absolute Gasteiger partial charge is 0.354 e. The summed E-state index contributed by atoms with van der Waals surface area (Å²) in [6.07, 6.45) is 3.60. The molecule has 0 saturated carbocycles. The van der Waals surface area contributed by atoms with E-state index in [1.807, 2.05) is 0 Å². The molecule has 0 atom stereocenters. The van der Waals surface area contributed by atoms with Crippen LogP contribution in [-0.2, 0) is 11.2 Å². The molecule has 1 fully saturated rings. The Kier molecular flexibility index (Phi) is 5.34. The van der Waals surface area contributed by atoms with Crippen molar-refractivity contribution in [1.29, 1.82) is 0 Å². The molecule has 1 aromatic carbocycles. The molecule has 0 aromatic heterocycles. The maximum Gasteiger partial charge on any atom is 0.220 e. The summed E-state index contributed by atoms with van der Waals surface area (Å²) in [6.45, 7) is 7.28. The lowest BCUT2D eigenvalue weighted by Crippen LogP contribution is -2.50. The third-order valence-corrected chi connectivity index (χ3v) is 4.23. The van der Waals surface area contributed by atoms with Crippen molar-refractivity contribution in [3.8, 4) is 0 Å². The molecule has 0 aliphatic carbocycles. The molecule has 0 radical (unpaired) electrons. The number of hydrogen-bond acceptors (Lipinski definition) is 2. The van der Waals surface area contributed by atoms with Gasteiger partial charge in [0.2, 0.25) is 5.91 Å². The second-order valence-corrected chi connectivity index (χ2v) is 6.41. The highest BCUT2D eigenvalue weighted by atomic mass is 19.1. The van der Waals surface area contributed by atoms with Crippen LogP contribution in [0.5, 0.6) is 0 Å². The van der Waals surface area contributed by atoms with Crippen molar-refractivity contribution in [1.82, 2.24) is 10.2 Å². The van der Waals surface area contributed by atoms with Gasteiger partial charge in [-0.1, -0.05) is 12.1 Å². The second-order valence-electron chi connectivity index (χ2n) is 6.41. The molecule has 21 heavy (non-hydrogen) atoms. The molecule has 1 heterocycles. The van der Waals surface area contributed by atoms with Crippen LogP contribution in [0.4, 0.5) is 4.39 Å². The van der Waals surface area contributed by atoms with Crippen LogP contribution >= 0.6 is 0 Å². The molecule has 0 unspecified atom stereocenters. The summed E-state index contributed by atoms with van der Waals surface area (Å²) in [5.74, 6) is -0.179. The molecule has 1 amide bonds. The summed E-state index contributed by atoms with van der Waals surface area (Å²) in [4.78, 5) is 14.4. The van der Waals surface area contributed by atoms with Gasteiger partial charge in [0.1, 0.15) is 5.82 Å². The van der Waals surface area contributed by atoms with Crippen molar-refractivity contribution in [3.05, 3.63) is 35.6 Å². The summed E-state index contributed by atoms with van der Waals surface area (Å²) in [6, 6.07) is 6.33. The molecular weight excluding hydrogens is 267 g/mol. The predicted octanol–water partition coefficient (Wildman–Crippen LogP) is 2.75. The van der Waals surface area contributed by atoms with Gasteiger partial charge in [0, 0.05) is 18.5 Å². The molecule has 4 heteroatoms. The van der Waals surface area contributed by atoms with E-state index in [-0.39, 0.29) is 17.3 Å². The highest BCUT2D eigenvalue weighted by Gasteiger charge is 2.29. The lowest BCUT2D eigenvalue weighted by Gasteiger charge is -2.35. The van der Waals surface area contributed by atoms with Gasteiger partial charge in [-0.2, -0.15) is 0 Å². The molecule has 116 valence electrons. The lowest BCUT2D eigenvalue weighted by molar-refractivity contribution is -0.121. The zero-order chi connectivity index (χ0) is 15.3. The van der Waals surface area contributed by atoms with Crippen molar-refractivity contribution < 1.29 is 9.18 Å². The van der Waals surface area contributed by atoms with Gasteiger partial charge < -0.3 is 5.32 Å². The number of rotatable bonds is 6. The number of carbonyl (C=O) groups excluding carboxylic acids is 1. The number of aryl methyl sites for hydroxylation is 1. The number of nitrogens with zero attached hydrogens (tertiary/aromatic N) is 1. The summed E-state index contributed by atoms with van der Waals surface area (Å²) in [5.41, 5.74) is 1.01. The zero-order valence-electron chi connectivity index (χ0n) is 13.0. The first-order valence-corrected chi connectivity index (χ1v) is 7.73. The first-order chi connectivity index (χ1) is 9.97. The quantitative estimate of drug-likeness (QED) is 0.874. The summed E-state index contributed by atoms with van der Waals surface area (Å²) in [5, 5.41) is 3.03. The smallest absolute Gasteiger partial charge is 0.220 e. The zero-order valence-corrected chi connectivity index (χ0v) is 13.0. The molecule has 1 N–H and O–H groups in total. The minimum Gasteiger partial charge on any atom is -0.354 e. The number of likely N-dealkylation sites (tertiary alicyclic amines) is 1. The van der Waals surface area contributed by atoms with E-state index in [1.54, 1.807) is 12.1 Å². The molecule has 2 rings (SSSR count). The van der Waals surface area contributed by atoms with E-state index >= 15 is 0 Å². The Morgan fingerprint density at radius 3 is 2.48 bits per heavy atom. The van der Waals surface area contributed by atoms with Gasteiger partial charge in [0.25, 0.3) is 0 Å². The number of carbonyl (C=O) groups is 1. The fraction of sp³-hybridized carbons (Fsp3) is 0.588. The molecular formula is C17H25FN2O. The Morgan fingerprint density at radius 2 is 1.86 bits per heavy atom. The van der Waals surface area contributed by atoms with Gasteiger partial charge >= 0.3 is 0 Å². The molecule has 1 saturated heterocycles. The van der Waals surface area contributed by atoms with Crippen molar-refractivity contribution >= 4 is 5.91 Å². The van der Waals surface area contributed by atoms with E-state index in [4.69, 9.17) is 0 Å². The monoisotopic (exact) mass is 292 g/mol. The number of hydrogen-bond donors (Lipinski definition) is 1. The summed E-state index contributed by atoms with van der Waals surface area (Å²) in [7, 11) is 0. The third-order valence-electron chi connectivity index (χ3n) is 4.23. The topological polar surface area (TPSA) is 32.3 Å². The van der Waals surface area contributed by atoms with E-state index in [1.165, 1.54) is 25.0 Å². The van der Waals surface area contributed by atoms with E-state index in [0.717, 1.165) is 18.7 Å². The van der Waals surface area contributed by atoms with E-state index in [9.17, 15) is 9.18 Å². The Bertz CT molecular complexity index is 464. The van der Waals surface area contributed by atoms with Crippen molar-refractivity contribution in [2.24, 2.45) is 0 Å². The molecule has 1 aromatic rings. The molecule has 3 nitrogen and oxygen atoms in total. The van der Waals surface area contributed by atoms with Gasteiger partial charge in [-0.15, -0.1) is 0 Å². The minimum atomic E-state index is -0.240.